The Bertz CT molecular complexity index is 1480. The van der Waals surface area contributed by atoms with Gasteiger partial charge in [-0.3, -0.25) is 4.79 Å². The van der Waals surface area contributed by atoms with E-state index in [1.165, 1.54) is 12.1 Å². The maximum atomic E-state index is 13.7. The Balaban J connectivity index is 1.55. The van der Waals surface area contributed by atoms with Crippen LogP contribution >= 0.6 is 11.6 Å². The number of hydrogen-bond donors (Lipinski definition) is 3. The zero-order valence-electron chi connectivity index (χ0n) is 21.0. The zero-order valence-corrected chi connectivity index (χ0v) is 23.4. The van der Waals surface area contributed by atoms with E-state index in [9.17, 15) is 39.9 Å². The van der Waals surface area contributed by atoms with Gasteiger partial charge in [-0.1, -0.05) is 18.5 Å². The topological polar surface area (TPSA) is 130 Å². The van der Waals surface area contributed by atoms with Gasteiger partial charge in [-0.05, 0) is 61.6 Å². The monoisotopic (exact) mass is 608 g/mol. The Morgan fingerprint density at radius 1 is 1.08 bits per heavy atom. The lowest BCUT2D eigenvalue weighted by Gasteiger charge is -2.46. The Kier molecular flexibility index (Phi) is 8.14. The number of sulfonamides is 1. The molecule has 2 aromatic carbocycles. The number of anilines is 1. The summed E-state index contributed by atoms with van der Waals surface area (Å²) in [5.41, 5.74) is -1.76. The number of carbonyl (C=O) groups is 1. The van der Waals surface area contributed by atoms with Crippen LogP contribution in [0.5, 0.6) is 0 Å². The van der Waals surface area contributed by atoms with Gasteiger partial charge in [0.1, 0.15) is 0 Å². The van der Waals surface area contributed by atoms with Crippen molar-refractivity contribution in [2.24, 2.45) is 17.8 Å². The lowest BCUT2D eigenvalue weighted by atomic mass is 9.68. The van der Waals surface area contributed by atoms with Gasteiger partial charge in [0.25, 0.3) is 5.91 Å². The molecule has 2 fully saturated rings. The average molecular weight is 609 g/mol. The number of benzene rings is 2. The van der Waals surface area contributed by atoms with Crippen LogP contribution in [-0.2, 0) is 19.9 Å². The molecule has 0 heterocycles. The molecule has 0 spiro atoms. The van der Waals surface area contributed by atoms with Gasteiger partial charge >= 0.3 is 0 Å². The van der Waals surface area contributed by atoms with E-state index in [4.69, 9.17) is 11.6 Å². The number of halogens is 4. The van der Waals surface area contributed by atoms with Gasteiger partial charge in [-0.15, -0.1) is 0 Å². The molecule has 5 atom stereocenters. The fraction of sp³-hybridized carbons (Fsp3) is 0.480. The minimum Gasteiger partial charge on any atom is -0.389 e. The molecule has 14 heteroatoms. The summed E-state index contributed by atoms with van der Waals surface area (Å²) in [5.74, 6) is -6.82. The normalized spacial score (nSPS) is 25.9. The largest absolute Gasteiger partial charge is 0.389 e. The molecule has 39 heavy (non-hydrogen) atoms. The number of fused-ring (bicyclic) bond motifs is 2. The Hall–Kier alpha value is -2.19. The van der Waals surface area contributed by atoms with Crippen LogP contribution < -0.4 is 10.0 Å². The van der Waals surface area contributed by atoms with Crippen LogP contribution in [0.25, 0.3) is 0 Å². The van der Waals surface area contributed by atoms with E-state index < -0.39 is 60.0 Å². The predicted octanol–water partition coefficient (Wildman–Crippen LogP) is 3.89. The SMILES string of the molecule is CC(CNS(C)(=O)=O)C1(O)[C@@H]2CC[C@H]1CC(S(=O)(=O)c1cc(C(=O)Nc3cc(F)c(F)c(F)c3)ccc1Cl)C2. The van der Waals surface area contributed by atoms with Gasteiger partial charge in [-0.25, -0.2) is 34.7 Å². The van der Waals surface area contributed by atoms with Crippen molar-refractivity contribution in [3.8, 4) is 0 Å². The number of sulfone groups is 1. The summed E-state index contributed by atoms with van der Waals surface area (Å²) < 4.78 is 93.2. The van der Waals surface area contributed by atoms with Gasteiger partial charge < -0.3 is 10.4 Å². The van der Waals surface area contributed by atoms with E-state index in [0.717, 1.165) is 12.3 Å². The van der Waals surface area contributed by atoms with Crippen molar-refractivity contribution in [1.29, 1.82) is 0 Å². The molecule has 4 rings (SSSR count). The molecule has 3 unspecified atom stereocenters. The minimum atomic E-state index is -4.08. The highest BCUT2D eigenvalue weighted by Gasteiger charge is 2.57. The lowest BCUT2D eigenvalue weighted by molar-refractivity contribution is -0.0976. The third-order valence-corrected chi connectivity index (χ3v) is 11.2. The third-order valence-electron chi connectivity index (χ3n) is 7.89. The van der Waals surface area contributed by atoms with Crippen LogP contribution in [0.1, 0.15) is 43.0 Å². The van der Waals surface area contributed by atoms with E-state index in [1.54, 1.807) is 6.92 Å². The molecule has 2 aliphatic carbocycles. The first-order valence-electron chi connectivity index (χ1n) is 12.2. The molecule has 0 aromatic heterocycles. The quantitative estimate of drug-likeness (QED) is 0.390. The maximum absolute atomic E-state index is 13.7. The number of aliphatic hydroxyl groups is 1. The van der Waals surface area contributed by atoms with Crippen LogP contribution in [0.15, 0.2) is 35.2 Å². The molecule has 214 valence electrons. The van der Waals surface area contributed by atoms with Crippen LogP contribution in [0.2, 0.25) is 5.02 Å². The lowest BCUT2D eigenvalue weighted by Crippen LogP contribution is -2.54. The van der Waals surface area contributed by atoms with E-state index in [-0.39, 0.29) is 52.4 Å². The molecule has 2 bridgehead atoms. The molecule has 0 saturated heterocycles. The molecule has 0 radical (unpaired) electrons. The van der Waals surface area contributed by atoms with E-state index in [2.05, 4.69) is 10.0 Å². The van der Waals surface area contributed by atoms with Crippen LogP contribution in [0, 0.1) is 35.2 Å². The summed E-state index contributed by atoms with van der Waals surface area (Å²) in [4.78, 5) is 12.4. The van der Waals surface area contributed by atoms with Crippen molar-refractivity contribution in [3.05, 3.63) is 58.4 Å². The zero-order chi connectivity index (χ0) is 28.9. The second-order valence-electron chi connectivity index (χ2n) is 10.4. The summed E-state index contributed by atoms with van der Waals surface area (Å²) in [6.07, 6.45) is 2.43. The van der Waals surface area contributed by atoms with Gasteiger partial charge in [0.2, 0.25) is 10.0 Å². The van der Waals surface area contributed by atoms with Gasteiger partial charge in [0, 0.05) is 29.9 Å². The highest BCUT2D eigenvalue weighted by atomic mass is 35.5. The second kappa shape index (κ2) is 10.7. The summed E-state index contributed by atoms with van der Waals surface area (Å²) in [5, 5.41) is 12.8. The molecule has 1 amide bonds. The van der Waals surface area contributed by atoms with Crippen molar-refractivity contribution in [3.63, 3.8) is 0 Å². The number of amides is 1. The number of rotatable bonds is 8. The molecule has 2 saturated carbocycles. The van der Waals surface area contributed by atoms with Crippen molar-refractivity contribution >= 4 is 43.1 Å². The van der Waals surface area contributed by atoms with Crippen molar-refractivity contribution < 1.29 is 39.9 Å². The predicted molar refractivity (Wildman–Crippen MR) is 139 cm³/mol. The molecule has 2 aromatic rings. The van der Waals surface area contributed by atoms with Gasteiger partial charge in [0.05, 0.1) is 27.0 Å². The van der Waals surface area contributed by atoms with Crippen LogP contribution in [0.3, 0.4) is 0 Å². The number of hydrogen-bond acceptors (Lipinski definition) is 6. The first kappa shape index (κ1) is 29.8. The molecular formula is C25H28ClF3N2O6S2. The summed E-state index contributed by atoms with van der Waals surface area (Å²) in [6, 6.07) is 4.73. The van der Waals surface area contributed by atoms with E-state index >= 15 is 0 Å². The molecule has 0 aliphatic heterocycles. The Labute approximate surface area is 229 Å². The van der Waals surface area contributed by atoms with Crippen molar-refractivity contribution in [2.45, 2.75) is 48.4 Å². The van der Waals surface area contributed by atoms with Gasteiger partial charge in [0.15, 0.2) is 27.3 Å². The van der Waals surface area contributed by atoms with Crippen molar-refractivity contribution in [2.75, 3.05) is 18.1 Å². The first-order valence-corrected chi connectivity index (χ1v) is 16.0. The molecule has 8 nitrogen and oxygen atoms in total. The maximum Gasteiger partial charge on any atom is 0.255 e. The van der Waals surface area contributed by atoms with Crippen LogP contribution in [0.4, 0.5) is 18.9 Å². The number of carbonyl (C=O) groups excluding carboxylic acids is 1. The van der Waals surface area contributed by atoms with Crippen LogP contribution in [-0.4, -0.2) is 51.5 Å². The standard InChI is InChI=1S/C25H28ClF3N2O6S2/c1-13(12-30-38(2,34)35)25(33)15-4-5-16(25)9-18(8-15)39(36,37)22-7-14(3-6-19(22)26)24(32)31-17-10-20(27)23(29)21(28)11-17/h3,6-7,10-11,13,15-16,18,30,33H,4-5,8-9,12H2,1-2H3,(H,31,32)/t13?,15-,16+,18?,25?. The fourth-order valence-corrected chi connectivity index (χ4v) is 8.87. The Morgan fingerprint density at radius 2 is 1.64 bits per heavy atom. The molecule has 3 N–H and O–H groups in total. The third kappa shape index (κ3) is 5.83. The van der Waals surface area contributed by atoms with Gasteiger partial charge in [-0.2, -0.15) is 0 Å². The second-order valence-corrected chi connectivity index (χ2v) is 14.8. The smallest absolute Gasteiger partial charge is 0.255 e. The number of nitrogens with one attached hydrogen (secondary N) is 2. The van der Waals surface area contributed by atoms with E-state index in [1.807, 2.05) is 0 Å². The molecular weight excluding hydrogens is 581 g/mol. The fourth-order valence-electron chi connectivity index (χ4n) is 5.91. The first-order chi connectivity index (χ1) is 18.0. The minimum absolute atomic E-state index is 0.0184. The summed E-state index contributed by atoms with van der Waals surface area (Å²) in [6.45, 7) is 1.75. The molecule has 2 aliphatic rings. The highest BCUT2D eigenvalue weighted by molar-refractivity contribution is 7.92. The summed E-state index contributed by atoms with van der Waals surface area (Å²) in [7, 11) is -7.55. The average Bonchev–Trinajstić information content (AvgIpc) is 3.01. The van der Waals surface area contributed by atoms with E-state index in [0.29, 0.717) is 25.0 Å². The van der Waals surface area contributed by atoms with Crippen molar-refractivity contribution in [1.82, 2.24) is 4.72 Å². The Morgan fingerprint density at radius 3 is 2.18 bits per heavy atom. The highest BCUT2D eigenvalue weighted by Crippen LogP contribution is 2.55. The summed E-state index contributed by atoms with van der Waals surface area (Å²) >= 11 is 6.24.